The predicted octanol–water partition coefficient (Wildman–Crippen LogP) is 2.99. The van der Waals surface area contributed by atoms with Crippen LogP contribution in [-0.4, -0.2) is 4.57 Å². The molecule has 3 aromatic rings. The molecule has 2 aromatic carbocycles. The van der Waals surface area contributed by atoms with E-state index in [0.717, 1.165) is 40.9 Å². The van der Waals surface area contributed by atoms with Gasteiger partial charge in [-0.2, -0.15) is 10.5 Å². The molecule has 2 heterocycles. The van der Waals surface area contributed by atoms with E-state index in [-0.39, 0.29) is 16.1 Å². The highest BCUT2D eigenvalue weighted by Gasteiger charge is 2.31. The summed E-state index contributed by atoms with van der Waals surface area (Å²) in [6, 6.07) is 20.2. The fraction of sp³-hybridized carbons (Fsp3) is 0.192. The molecule has 1 aliphatic heterocycles. The van der Waals surface area contributed by atoms with Gasteiger partial charge in [0.05, 0.1) is 29.2 Å². The molecule has 0 unspecified atom stereocenters. The van der Waals surface area contributed by atoms with Gasteiger partial charge in [-0.3, -0.25) is 9.36 Å². The summed E-state index contributed by atoms with van der Waals surface area (Å²) in [6.45, 7) is 4.15. The van der Waals surface area contributed by atoms with Gasteiger partial charge in [0.2, 0.25) is 0 Å². The van der Waals surface area contributed by atoms with Crippen molar-refractivity contribution in [3.05, 3.63) is 95.9 Å². The van der Waals surface area contributed by atoms with Crippen molar-refractivity contribution in [3.63, 3.8) is 0 Å². The zero-order valence-corrected chi connectivity index (χ0v) is 18.7. The van der Waals surface area contributed by atoms with E-state index in [9.17, 15) is 15.3 Å². The van der Waals surface area contributed by atoms with Gasteiger partial charge in [0, 0.05) is 0 Å². The Labute approximate surface area is 190 Å². The molecule has 1 aliphatic rings. The van der Waals surface area contributed by atoms with Crippen LogP contribution in [0.4, 0.5) is 0 Å². The smallest absolute Gasteiger partial charge is 0.258 e. The molecule has 0 saturated carbocycles. The van der Waals surface area contributed by atoms with Gasteiger partial charge in [0.15, 0.2) is 0 Å². The third-order valence-electron chi connectivity index (χ3n) is 5.82. The summed E-state index contributed by atoms with van der Waals surface area (Å²) in [5.41, 5.74) is 11.1. The SMILES string of the molecule is CCc1ccc(C=c2c(=O)sc3n2C(N)=C(C#N)[C@@H](c2ccc(CC)cc2)C=3C#N)cc1. The van der Waals surface area contributed by atoms with Gasteiger partial charge in [-0.1, -0.05) is 73.7 Å². The molecular weight excluding hydrogens is 416 g/mol. The van der Waals surface area contributed by atoms with E-state index in [2.05, 4.69) is 26.0 Å². The minimum atomic E-state index is -0.592. The molecule has 158 valence electrons. The lowest BCUT2D eigenvalue weighted by molar-refractivity contribution is 0.908. The molecule has 2 N–H and O–H groups in total. The van der Waals surface area contributed by atoms with Crippen LogP contribution in [0.3, 0.4) is 0 Å². The summed E-state index contributed by atoms with van der Waals surface area (Å²) in [5, 5.41) is 20.4. The Balaban J connectivity index is 2.00. The Bertz CT molecular complexity index is 1470. The number of benzene rings is 2. The molecule has 0 bridgehead atoms. The first-order valence-corrected chi connectivity index (χ1v) is 11.3. The second-order valence-electron chi connectivity index (χ2n) is 7.62. The first-order valence-electron chi connectivity index (χ1n) is 10.5. The first-order chi connectivity index (χ1) is 15.5. The second-order valence-corrected chi connectivity index (χ2v) is 8.58. The zero-order valence-electron chi connectivity index (χ0n) is 17.9. The molecule has 0 fully saturated rings. The molecule has 4 rings (SSSR count). The van der Waals surface area contributed by atoms with Crippen LogP contribution in [0.2, 0.25) is 0 Å². The number of fused-ring (bicyclic) bond motifs is 1. The minimum absolute atomic E-state index is 0.195. The Hall–Kier alpha value is -3.87. The number of allylic oxidation sites excluding steroid dienone is 1. The zero-order chi connectivity index (χ0) is 22.8. The van der Waals surface area contributed by atoms with Crippen LogP contribution in [0.25, 0.3) is 17.5 Å². The van der Waals surface area contributed by atoms with Crippen LogP contribution in [0.1, 0.15) is 42.0 Å². The van der Waals surface area contributed by atoms with Gasteiger partial charge in [-0.05, 0) is 41.2 Å². The summed E-state index contributed by atoms with van der Waals surface area (Å²) in [6.07, 6.45) is 3.58. The van der Waals surface area contributed by atoms with Gasteiger partial charge in [-0.15, -0.1) is 0 Å². The van der Waals surface area contributed by atoms with Crippen molar-refractivity contribution in [2.75, 3.05) is 0 Å². The summed E-state index contributed by atoms with van der Waals surface area (Å²) >= 11 is 0.992. The van der Waals surface area contributed by atoms with Gasteiger partial charge in [0.1, 0.15) is 15.8 Å². The van der Waals surface area contributed by atoms with Gasteiger partial charge < -0.3 is 5.73 Å². The molecule has 5 nitrogen and oxygen atoms in total. The maximum absolute atomic E-state index is 12.9. The van der Waals surface area contributed by atoms with Crippen LogP contribution in [-0.2, 0) is 12.8 Å². The Morgan fingerprint density at radius 1 is 0.969 bits per heavy atom. The number of thiazole rings is 1. The lowest BCUT2D eigenvalue weighted by Crippen LogP contribution is -2.38. The number of aromatic nitrogens is 1. The standard InChI is InChI=1S/C26H22N4OS/c1-3-16-5-7-18(8-6-16)13-22-26(31)32-25-21(15-28)23(20(14-27)24(29)30(22)25)19-11-9-17(4-2)10-12-19/h5-13,23H,3-4,29H2,1-2H3/t23-/m1/s1. The highest BCUT2D eigenvalue weighted by molar-refractivity contribution is 7.07. The second kappa shape index (κ2) is 8.70. The average Bonchev–Trinajstić information content (AvgIpc) is 3.15. The number of hydrogen-bond donors (Lipinski definition) is 1. The molecule has 1 atom stereocenters. The van der Waals surface area contributed by atoms with E-state index in [4.69, 9.17) is 5.73 Å². The van der Waals surface area contributed by atoms with E-state index in [1.165, 1.54) is 5.56 Å². The normalized spacial score (nSPS) is 15.9. The number of rotatable bonds is 4. The number of hydrogen-bond acceptors (Lipinski definition) is 5. The Morgan fingerprint density at radius 3 is 2.06 bits per heavy atom. The quantitative estimate of drug-likeness (QED) is 0.677. The number of nitrogens with zero attached hydrogens (tertiary/aromatic N) is 3. The molecule has 0 saturated heterocycles. The third kappa shape index (κ3) is 3.56. The average molecular weight is 439 g/mol. The van der Waals surface area contributed by atoms with E-state index in [1.54, 1.807) is 10.6 Å². The molecule has 6 heteroatoms. The minimum Gasteiger partial charge on any atom is -0.384 e. The Kier molecular flexibility index (Phi) is 5.81. The van der Waals surface area contributed by atoms with Crippen LogP contribution < -0.4 is 20.5 Å². The van der Waals surface area contributed by atoms with E-state index < -0.39 is 5.92 Å². The van der Waals surface area contributed by atoms with Gasteiger partial charge >= 0.3 is 0 Å². The number of nitrogens with two attached hydrogens (primary N) is 1. The van der Waals surface area contributed by atoms with Crippen molar-refractivity contribution >= 4 is 28.8 Å². The maximum Gasteiger partial charge on any atom is 0.258 e. The van der Waals surface area contributed by atoms with Crippen LogP contribution in [0.5, 0.6) is 0 Å². The Morgan fingerprint density at radius 2 is 1.53 bits per heavy atom. The molecule has 1 aromatic heterocycles. The predicted molar refractivity (Wildman–Crippen MR) is 128 cm³/mol. The molecule has 0 radical (unpaired) electrons. The number of nitriles is 2. The van der Waals surface area contributed by atoms with E-state index >= 15 is 0 Å². The van der Waals surface area contributed by atoms with E-state index in [1.807, 2.05) is 48.5 Å². The van der Waals surface area contributed by atoms with Crippen molar-refractivity contribution in [2.24, 2.45) is 5.73 Å². The highest BCUT2D eigenvalue weighted by Crippen LogP contribution is 2.35. The van der Waals surface area contributed by atoms with Crippen molar-refractivity contribution < 1.29 is 0 Å². The van der Waals surface area contributed by atoms with Gasteiger partial charge in [0.25, 0.3) is 4.74 Å². The molecule has 0 amide bonds. The van der Waals surface area contributed by atoms with Crippen LogP contribution in [0.15, 0.2) is 58.9 Å². The molecule has 0 aliphatic carbocycles. The summed E-state index contributed by atoms with van der Waals surface area (Å²) in [7, 11) is 0. The third-order valence-corrected chi connectivity index (χ3v) is 6.81. The molecular formula is C26H22N4OS. The maximum atomic E-state index is 12.9. The summed E-state index contributed by atoms with van der Waals surface area (Å²) in [4.78, 5) is 12.9. The monoisotopic (exact) mass is 438 g/mol. The van der Waals surface area contributed by atoms with E-state index in [0.29, 0.717) is 15.6 Å². The van der Waals surface area contributed by atoms with Crippen LogP contribution in [0, 0.1) is 22.7 Å². The topological polar surface area (TPSA) is 95.6 Å². The fourth-order valence-corrected chi connectivity index (χ4v) is 4.97. The van der Waals surface area contributed by atoms with Crippen molar-refractivity contribution in [1.29, 1.82) is 10.5 Å². The summed E-state index contributed by atoms with van der Waals surface area (Å²) < 4.78 is 1.85. The van der Waals surface area contributed by atoms with Crippen molar-refractivity contribution in [3.8, 4) is 12.1 Å². The highest BCUT2D eigenvalue weighted by atomic mass is 32.1. The van der Waals surface area contributed by atoms with Crippen LogP contribution >= 0.6 is 11.3 Å². The van der Waals surface area contributed by atoms with Gasteiger partial charge in [-0.25, -0.2) is 0 Å². The van der Waals surface area contributed by atoms with Crippen molar-refractivity contribution in [2.45, 2.75) is 32.6 Å². The number of aryl methyl sites for hydroxylation is 2. The largest absolute Gasteiger partial charge is 0.384 e. The first kappa shape index (κ1) is 21.4. The molecule has 0 spiro atoms. The lowest BCUT2D eigenvalue weighted by atomic mass is 9.84. The van der Waals surface area contributed by atoms with Crippen molar-refractivity contribution in [1.82, 2.24) is 4.57 Å². The molecule has 32 heavy (non-hydrogen) atoms. The summed E-state index contributed by atoms with van der Waals surface area (Å²) in [5.74, 6) is -0.397. The lowest BCUT2D eigenvalue weighted by Gasteiger charge is -2.23. The fourth-order valence-electron chi connectivity index (χ4n) is 3.98.